The number of imidazole rings is 1. The number of aromatic nitrogens is 2. The predicted octanol–water partition coefficient (Wildman–Crippen LogP) is 4.62. The molecule has 1 aromatic heterocycles. The number of amides is 2. The number of anilines is 1. The summed E-state index contributed by atoms with van der Waals surface area (Å²) < 4.78 is 1.96. The molecule has 0 aliphatic heterocycles. The van der Waals surface area contributed by atoms with Crippen LogP contribution < -0.4 is 10.6 Å². The number of hydrogen-bond acceptors (Lipinski definition) is 3. The maximum absolute atomic E-state index is 12.8. The molecule has 0 saturated heterocycles. The molecule has 0 fully saturated rings. The molecule has 2 amide bonds. The molecule has 4 aromatic rings. The highest BCUT2D eigenvalue weighted by Crippen LogP contribution is 2.21. The molecule has 0 aliphatic carbocycles. The summed E-state index contributed by atoms with van der Waals surface area (Å²) in [5, 5.41) is 5.78. The summed E-state index contributed by atoms with van der Waals surface area (Å²) in [6, 6.07) is 24.4. The summed E-state index contributed by atoms with van der Waals surface area (Å²) in [5.41, 5.74) is 3.58. The normalized spacial score (nSPS) is 10.5. The summed E-state index contributed by atoms with van der Waals surface area (Å²) in [7, 11) is 0. The molecule has 6 nitrogen and oxygen atoms in total. The first-order chi connectivity index (χ1) is 15.7. The van der Waals surface area contributed by atoms with Gasteiger partial charge in [-0.15, -0.1) is 0 Å². The van der Waals surface area contributed by atoms with Crippen LogP contribution in [-0.4, -0.2) is 27.9 Å². The van der Waals surface area contributed by atoms with Crippen LogP contribution in [-0.2, 0) is 6.54 Å². The van der Waals surface area contributed by atoms with Gasteiger partial charge >= 0.3 is 0 Å². The minimum absolute atomic E-state index is 0.217. The van der Waals surface area contributed by atoms with E-state index in [0.717, 1.165) is 24.1 Å². The van der Waals surface area contributed by atoms with E-state index < -0.39 is 0 Å². The molecule has 32 heavy (non-hydrogen) atoms. The fourth-order valence-corrected chi connectivity index (χ4v) is 3.41. The largest absolute Gasteiger partial charge is 0.352 e. The van der Waals surface area contributed by atoms with Crippen molar-refractivity contribution in [2.24, 2.45) is 0 Å². The quantitative estimate of drug-likeness (QED) is 0.405. The molecule has 0 aliphatic rings. The standard InChI is InChI=1S/C26H24N4O2/c31-25(22-13-11-21(12-14-22)20-7-2-1-3-8-20)29-24-10-5-4-9-23(24)26(32)28-15-6-17-30-18-16-27-19-30/h1-5,7-14,16,18-19H,6,15,17H2,(H,28,32)(H,29,31). The van der Waals surface area contributed by atoms with Gasteiger partial charge < -0.3 is 15.2 Å². The SMILES string of the molecule is O=C(Nc1ccccc1C(=O)NCCCn1ccnc1)c1ccc(-c2ccccc2)cc1. The summed E-state index contributed by atoms with van der Waals surface area (Å²) in [4.78, 5) is 29.4. The molecule has 160 valence electrons. The van der Waals surface area contributed by atoms with E-state index in [4.69, 9.17) is 0 Å². The smallest absolute Gasteiger partial charge is 0.255 e. The minimum atomic E-state index is -0.259. The molecule has 2 N–H and O–H groups in total. The number of hydrogen-bond donors (Lipinski definition) is 2. The van der Waals surface area contributed by atoms with Gasteiger partial charge in [-0.1, -0.05) is 54.6 Å². The van der Waals surface area contributed by atoms with Crippen molar-refractivity contribution < 1.29 is 9.59 Å². The van der Waals surface area contributed by atoms with E-state index in [1.54, 1.807) is 48.9 Å². The van der Waals surface area contributed by atoms with Gasteiger partial charge in [0.15, 0.2) is 0 Å². The van der Waals surface area contributed by atoms with E-state index in [1.807, 2.05) is 53.2 Å². The molecule has 0 unspecified atom stereocenters. The zero-order valence-corrected chi connectivity index (χ0v) is 17.6. The number of para-hydroxylation sites is 1. The lowest BCUT2D eigenvalue weighted by Crippen LogP contribution is -2.26. The van der Waals surface area contributed by atoms with Crippen molar-refractivity contribution in [1.82, 2.24) is 14.9 Å². The molecule has 0 spiro atoms. The Morgan fingerprint density at radius 2 is 1.53 bits per heavy atom. The maximum Gasteiger partial charge on any atom is 0.255 e. The molecule has 0 atom stereocenters. The highest BCUT2D eigenvalue weighted by Gasteiger charge is 2.14. The number of aryl methyl sites for hydroxylation is 1. The van der Waals surface area contributed by atoms with Gasteiger partial charge in [-0.3, -0.25) is 9.59 Å². The number of rotatable bonds is 8. The second-order valence-corrected chi connectivity index (χ2v) is 7.35. The highest BCUT2D eigenvalue weighted by atomic mass is 16.2. The van der Waals surface area contributed by atoms with E-state index in [-0.39, 0.29) is 11.8 Å². The molecule has 0 bridgehead atoms. The van der Waals surface area contributed by atoms with Crippen LogP contribution in [0.3, 0.4) is 0 Å². The van der Waals surface area contributed by atoms with Crippen LogP contribution in [0.1, 0.15) is 27.1 Å². The Hall–Kier alpha value is -4.19. The highest BCUT2D eigenvalue weighted by molar-refractivity contribution is 6.09. The number of nitrogens with zero attached hydrogens (tertiary/aromatic N) is 2. The van der Waals surface area contributed by atoms with E-state index in [1.165, 1.54) is 0 Å². The summed E-state index contributed by atoms with van der Waals surface area (Å²) in [5.74, 6) is -0.476. The van der Waals surface area contributed by atoms with Gasteiger partial charge in [-0.2, -0.15) is 0 Å². The fourth-order valence-electron chi connectivity index (χ4n) is 3.41. The lowest BCUT2D eigenvalue weighted by molar-refractivity contribution is 0.0953. The average molecular weight is 425 g/mol. The molecule has 4 rings (SSSR count). The third-order valence-corrected chi connectivity index (χ3v) is 5.11. The van der Waals surface area contributed by atoms with Gasteiger partial charge in [0.05, 0.1) is 17.6 Å². The van der Waals surface area contributed by atoms with Crippen LogP contribution >= 0.6 is 0 Å². The van der Waals surface area contributed by atoms with E-state index in [9.17, 15) is 9.59 Å². The number of benzene rings is 3. The maximum atomic E-state index is 12.8. The van der Waals surface area contributed by atoms with E-state index >= 15 is 0 Å². The first-order valence-corrected chi connectivity index (χ1v) is 10.5. The van der Waals surface area contributed by atoms with Crippen LogP contribution in [0.4, 0.5) is 5.69 Å². The van der Waals surface area contributed by atoms with E-state index in [2.05, 4.69) is 15.6 Å². The Morgan fingerprint density at radius 1 is 0.812 bits per heavy atom. The molecular weight excluding hydrogens is 400 g/mol. The number of carbonyl (C=O) groups excluding carboxylic acids is 2. The van der Waals surface area contributed by atoms with Crippen LogP contribution in [0.25, 0.3) is 11.1 Å². The van der Waals surface area contributed by atoms with Gasteiger partial charge in [0, 0.05) is 31.0 Å². The van der Waals surface area contributed by atoms with Crippen molar-refractivity contribution in [3.63, 3.8) is 0 Å². The Morgan fingerprint density at radius 3 is 2.28 bits per heavy atom. The Kier molecular flexibility index (Phi) is 6.72. The molecule has 1 heterocycles. The fraction of sp³-hybridized carbons (Fsp3) is 0.115. The lowest BCUT2D eigenvalue weighted by Gasteiger charge is -2.12. The minimum Gasteiger partial charge on any atom is -0.352 e. The molecular formula is C26H24N4O2. The van der Waals surface area contributed by atoms with Gasteiger partial charge in [-0.05, 0) is 41.8 Å². The lowest BCUT2D eigenvalue weighted by atomic mass is 10.0. The van der Waals surface area contributed by atoms with Crippen molar-refractivity contribution in [3.8, 4) is 11.1 Å². The van der Waals surface area contributed by atoms with Gasteiger partial charge in [0.2, 0.25) is 0 Å². The second-order valence-electron chi connectivity index (χ2n) is 7.35. The molecule has 6 heteroatoms. The van der Waals surface area contributed by atoms with Crippen LogP contribution in [0.15, 0.2) is 97.6 Å². The third-order valence-electron chi connectivity index (χ3n) is 5.11. The third kappa shape index (κ3) is 5.29. The molecule has 0 saturated carbocycles. The zero-order valence-electron chi connectivity index (χ0n) is 17.6. The summed E-state index contributed by atoms with van der Waals surface area (Å²) >= 11 is 0. The van der Waals surface area contributed by atoms with Crippen LogP contribution in [0.2, 0.25) is 0 Å². The second kappa shape index (κ2) is 10.2. The van der Waals surface area contributed by atoms with Crippen LogP contribution in [0.5, 0.6) is 0 Å². The van der Waals surface area contributed by atoms with Crippen molar-refractivity contribution in [2.45, 2.75) is 13.0 Å². The predicted molar refractivity (Wildman–Crippen MR) is 125 cm³/mol. The average Bonchev–Trinajstić information content (AvgIpc) is 3.36. The first-order valence-electron chi connectivity index (χ1n) is 10.5. The topological polar surface area (TPSA) is 76.0 Å². The number of carbonyl (C=O) groups is 2. The van der Waals surface area contributed by atoms with Crippen molar-refractivity contribution in [1.29, 1.82) is 0 Å². The molecule has 3 aromatic carbocycles. The van der Waals surface area contributed by atoms with E-state index in [0.29, 0.717) is 23.4 Å². The zero-order chi connectivity index (χ0) is 22.2. The van der Waals surface area contributed by atoms with Crippen LogP contribution in [0, 0.1) is 0 Å². The number of nitrogens with one attached hydrogen (secondary N) is 2. The Bertz CT molecular complexity index is 1170. The Labute approximate surface area is 186 Å². The van der Waals surface area contributed by atoms with Crippen molar-refractivity contribution in [2.75, 3.05) is 11.9 Å². The monoisotopic (exact) mass is 424 g/mol. The van der Waals surface area contributed by atoms with Gasteiger partial charge in [-0.25, -0.2) is 4.98 Å². The summed E-state index contributed by atoms with van der Waals surface area (Å²) in [6.07, 6.45) is 6.15. The molecule has 0 radical (unpaired) electrons. The summed E-state index contributed by atoms with van der Waals surface area (Å²) in [6.45, 7) is 1.30. The Balaban J connectivity index is 1.37. The van der Waals surface area contributed by atoms with Gasteiger partial charge in [0.1, 0.15) is 0 Å². The van der Waals surface area contributed by atoms with Gasteiger partial charge in [0.25, 0.3) is 11.8 Å². The van der Waals surface area contributed by atoms with Crippen molar-refractivity contribution in [3.05, 3.63) is 109 Å². The van der Waals surface area contributed by atoms with Crippen molar-refractivity contribution >= 4 is 17.5 Å². The first kappa shape index (κ1) is 21.1.